The molecule has 1 aliphatic rings. The number of benzene rings is 2. The molecule has 3 rings (SSSR count). The summed E-state index contributed by atoms with van der Waals surface area (Å²) in [6, 6.07) is 13.6. The van der Waals surface area contributed by atoms with Crippen molar-refractivity contribution in [3.8, 4) is 11.1 Å². The lowest BCUT2D eigenvalue weighted by Crippen LogP contribution is -2.39. The van der Waals surface area contributed by atoms with E-state index < -0.39 is 15.2 Å². The maximum atomic E-state index is 10.1. The van der Waals surface area contributed by atoms with Crippen molar-refractivity contribution in [2.45, 2.75) is 117 Å². The van der Waals surface area contributed by atoms with Gasteiger partial charge in [0.2, 0.25) is 0 Å². The van der Waals surface area contributed by atoms with Gasteiger partial charge in [-0.25, -0.2) is 0 Å². The number of hydrogen-bond acceptors (Lipinski definition) is 2. The van der Waals surface area contributed by atoms with Crippen LogP contribution >= 0.6 is 0 Å². The third-order valence-electron chi connectivity index (χ3n) is 8.91. The monoisotopic (exact) mass is 506 g/mol. The number of unbranched alkanes of at least 4 members (excludes halogenated alkanes) is 2. The van der Waals surface area contributed by atoms with Gasteiger partial charge in [-0.15, -0.1) is 0 Å². The molecule has 2 aromatic rings. The number of hydrogen-bond donors (Lipinski definition) is 2. The average molecular weight is 507 g/mol. The Labute approximate surface area is 223 Å². The maximum Gasteiger partial charge on any atom is 0.488 e. The highest BCUT2D eigenvalue weighted by atomic mass is 28.3. The van der Waals surface area contributed by atoms with Gasteiger partial charge in [0, 0.05) is 5.41 Å². The van der Waals surface area contributed by atoms with Crippen LogP contribution in [0.5, 0.6) is 0 Å². The Morgan fingerprint density at radius 1 is 0.750 bits per heavy atom. The van der Waals surface area contributed by atoms with Crippen LogP contribution in [-0.2, 0) is 5.41 Å². The summed E-state index contributed by atoms with van der Waals surface area (Å²) >= 11 is 0. The Kier molecular flexibility index (Phi) is 10.1. The normalized spacial score (nSPS) is 18.6. The van der Waals surface area contributed by atoms with E-state index in [0.29, 0.717) is 17.3 Å². The molecule has 0 aromatic heterocycles. The molecule has 0 saturated heterocycles. The first-order chi connectivity index (χ1) is 17.1. The summed E-state index contributed by atoms with van der Waals surface area (Å²) in [6.45, 7) is 16.7. The molecule has 0 amide bonds. The molecule has 0 aliphatic heterocycles. The average Bonchev–Trinajstić information content (AvgIpc) is 3.12. The van der Waals surface area contributed by atoms with Crippen LogP contribution < -0.4 is 10.6 Å². The van der Waals surface area contributed by atoms with Crippen molar-refractivity contribution in [1.29, 1.82) is 0 Å². The second-order valence-electron chi connectivity index (χ2n) is 12.5. The van der Waals surface area contributed by atoms with Crippen LogP contribution in [0.2, 0.25) is 19.6 Å². The van der Waals surface area contributed by atoms with E-state index in [-0.39, 0.29) is 5.41 Å². The van der Waals surface area contributed by atoms with Gasteiger partial charge in [0.05, 0.1) is 8.07 Å². The van der Waals surface area contributed by atoms with Crippen LogP contribution in [0.3, 0.4) is 0 Å². The van der Waals surface area contributed by atoms with Gasteiger partial charge in [0.1, 0.15) is 0 Å². The Hall–Kier alpha value is -1.36. The zero-order valence-electron chi connectivity index (χ0n) is 24.2. The second kappa shape index (κ2) is 12.5. The predicted molar refractivity (Wildman–Crippen MR) is 161 cm³/mol. The Bertz CT molecular complexity index is 976. The minimum atomic E-state index is -1.49. The molecule has 2 N–H and O–H groups in total. The lowest BCUT2D eigenvalue weighted by atomic mass is 9.64. The first-order valence-electron chi connectivity index (χ1n) is 14.8. The van der Waals surface area contributed by atoms with Crippen molar-refractivity contribution in [3.63, 3.8) is 0 Å². The first kappa shape index (κ1) is 29.2. The Morgan fingerprint density at radius 3 is 1.69 bits per heavy atom. The lowest BCUT2D eigenvalue weighted by Gasteiger charge is -2.39. The van der Waals surface area contributed by atoms with Crippen LogP contribution in [0.25, 0.3) is 11.1 Å². The smallest absolute Gasteiger partial charge is 0.423 e. The molecule has 0 saturated carbocycles. The fraction of sp³-hybridized carbons (Fsp3) is 0.625. The van der Waals surface area contributed by atoms with E-state index in [1.165, 1.54) is 78.8 Å². The lowest BCUT2D eigenvalue weighted by molar-refractivity contribution is 0.266. The van der Waals surface area contributed by atoms with E-state index in [1.54, 1.807) is 0 Å². The van der Waals surface area contributed by atoms with Crippen LogP contribution in [0.15, 0.2) is 36.4 Å². The van der Waals surface area contributed by atoms with Crippen molar-refractivity contribution < 1.29 is 10.0 Å². The van der Waals surface area contributed by atoms with Crippen molar-refractivity contribution >= 4 is 25.8 Å². The molecule has 2 atom stereocenters. The van der Waals surface area contributed by atoms with Gasteiger partial charge in [-0.1, -0.05) is 140 Å². The molecule has 36 heavy (non-hydrogen) atoms. The van der Waals surface area contributed by atoms with E-state index in [1.807, 2.05) is 6.07 Å². The van der Waals surface area contributed by atoms with Gasteiger partial charge in [0.25, 0.3) is 0 Å². The summed E-state index contributed by atoms with van der Waals surface area (Å²) < 4.78 is 0. The summed E-state index contributed by atoms with van der Waals surface area (Å²) in [5, 5.41) is 21.8. The summed E-state index contributed by atoms with van der Waals surface area (Å²) in [6.07, 6.45) is 12.3. The fourth-order valence-corrected chi connectivity index (χ4v) is 7.70. The van der Waals surface area contributed by atoms with E-state index >= 15 is 0 Å². The van der Waals surface area contributed by atoms with Gasteiger partial charge >= 0.3 is 7.12 Å². The van der Waals surface area contributed by atoms with Crippen LogP contribution in [0.1, 0.15) is 103 Å². The van der Waals surface area contributed by atoms with Gasteiger partial charge in [-0.2, -0.15) is 0 Å². The van der Waals surface area contributed by atoms with Crippen molar-refractivity contribution in [2.75, 3.05) is 0 Å². The topological polar surface area (TPSA) is 40.5 Å². The van der Waals surface area contributed by atoms with Crippen LogP contribution in [0, 0.1) is 11.8 Å². The highest BCUT2D eigenvalue weighted by molar-refractivity contribution is 6.88. The number of fused-ring (bicyclic) bond motifs is 3. The predicted octanol–water partition coefficient (Wildman–Crippen LogP) is 7.39. The largest absolute Gasteiger partial charge is 0.488 e. The molecular weight excluding hydrogens is 455 g/mol. The molecule has 2 unspecified atom stereocenters. The third kappa shape index (κ3) is 6.19. The van der Waals surface area contributed by atoms with Gasteiger partial charge in [-0.3, -0.25) is 0 Å². The molecule has 0 heterocycles. The highest BCUT2D eigenvalue weighted by Gasteiger charge is 2.46. The zero-order valence-corrected chi connectivity index (χ0v) is 25.2. The maximum absolute atomic E-state index is 10.1. The fourth-order valence-electron chi connectivity index (χ4n) is 6.54. The van der Waals surface area contributed by atoms with Gasteiger partial charge in [0.15, 0.2) is 0 Å². The molecule has 1 aliphatic carbocycles. The molecule has 0 spiro atoms. The van der Waals surface area contributed by atoms with Gasteiger partial charge in [-0.05, 0) is 52.4 Å². The van der Waals surface area contributed by atoms with E-state index in [9.17, 15) is 10.0 Å². The van der Waals surface area contributed by atoms with Crippen molar-refractivity contribution in [2.24, 2.45) is 11.8 Å². The number of rotatable bonds is 14. The third-order valence-corrected chi connectivity index (χ3v) is 11.0. The van der Waals surface area contributed by atoms with Crippen molar-refractivity contribution in [3.05, 3.63) is 47.5 Å². The molecule has 0 bridgehead atoms. The molecule has 198 valence electrons. The molecule has 0 fully saturated rings. The van der Waals surface area contributed by atoms with Crippen molar-refractivity contribution in [1.82, 2.24) is 0 Å². The van der Waals surface area contributed by atoms with Crippen LogP contribution in [0.4, 0.5) is 0 Å². The summed E-state index contributed by atoms with van der Waals surface area (Å²) in [5.41, 5.74) is 6.12. The van der Waals surface area contributed by atoms with Gasteiger partial charge < -0.3 is 10.0 Å². The zero-order chi connectivity index (χ0) is 26.5. The summed E-state index contributed by atoms with van der Waals surface area (Å²) in [7, 11) is -2.92. The minimum Gasteiger partial charge on any atom is -0.423 e. The highest BCUT2D eigenvalue weighted by Crippen LogP contribution is 2.55. The van der Waals surface area contributed by atoms with E-state index in [0.717, 1.165) is 12.8 Å². The Morgan fingerprint density at radius 2 is 1.25 bits per heavy atom. The van der Waals surface area contributed by atoms with E-state index in [4.69, 9.17) is 0 Å². The SMILES string of the molecule is CCCCC(CC)CC1(CC(CC)CCCC)c2cc(B(O)O)ccc2-c2ccc([Si](C)(C)C)cc21. The first-order valence-corrected chi connectivity index (χ1v) is 18.3. The van der Waals surface area contributed by atoms with Crippen LogP contribution in [-0.4, -0.2) is 25.2 Å². The summed E-state index contributed by atoms with van der Waals surface area (Å²) in [4.78, 5) is 0. The molecular formula is C32H51BO2Si. The molecule has 2 nitrogen and oxygen atoms in total. The minimum absolute atomic E-state index is 0.0614. The second-order valence-corrected chi connectivity index (χ2v) is 17.6. The standard InChI is InChI=1S/C32H51BO2Si/c1-8-12-14-24(10-3)22-32(23-25(11-4)15-13-9-2)30-20-26(33(34)35)16-18-28(30)29-19-17-27(21-31(29)32)36(5,6)7/h16-21,24-25,34-35H,8-15,22-23H2,1-7H3. The molecule has 0 radical (unpaired) electrons. The molecule has 2 aromatic carbocycles. The van der Waals surface area contributed by atoms with E-state index in [2.05, 4.69) is 77.7 Å². The summed E-state index contributed by atoms with van der Waals surface area (Å²) in [5.74, 6) is 1.34. The Balaban J connectivity index is 2.28. The molecule has 4 heteroatoms. The quantitative estimate of drug-likeness (QED) is 0.262.